The lowest BCUT2D eigenvalue weighted by molar-refractivity contribution is -0.119. The molecule has 0 radical (unpaired) electrons. The van der Waals surface area contributed by atoms with Gasteiger partial charge in [-0.2, -0.15) is 0 Å². The number of carbonyl (C=O) groups excluding carboxylic acids is 1. The Morgan fingerprint density at radius 3 is 2.58 bits per heavy atom. The monoisotopic (exact) mass is 318 g/mol. The van der Waals surface area contributed by atoms with E-state index in [9.17, 15) is 4.79 Å². The van der Waals surface area contributed by atoms with Crippen LogP contribution in [0.5, 0.6) is 0 Å². The molecule has 2 aromatic carbocycles. The maximum Gasteiger partial charge on any atom is 0.240 e. The maximum absolute atomic E-state index is 11.7. The Kier molecular flexibility index (Phi) is 3.61. The average Bonchev–Trinajstić information content (AvgIpc) is 3.11. The van der Waals surface area contributed by atoms with Crippen molar-refractivity contribution in [2.45, 2.75) is 18.9 Å². The third kappa shape index (κ3) is 2.48. The van der Waals surface area contributed by atoms with Gasteiger partial charge in [0.15, 0.2) is 0 Å². The number of para-hydroxylation sites is 1. The van der Waals surface area contributed by atoms with Crippen LogP contribution in [0, 0.1) is 0 Å². The summed E-state index contributed by atoms with van der Waals surface area (Å²) in [5, 5.41) is 1.00. The summed E-state index contributed by atoms with van der Waals surface area (Å²) in [5.74, 6) is 0.263. The van der Waals surface area contributed by atoms with Crippen LogP contribution in [0.25, 0.3) is 22.2 Å². The number of aromatic nitrogens is 2. The van der Waals surface area contributed by atoms with E-state index in [4.69, 9.17) is 10.7 Å². The molecule has 0 saturated carbocycles. The minimum absolute atomic E-state index is 0.314. The maximum atomic E-state index is 11.7. The number of primary amides is 1. The molecule has 1 fully saturated rings. The van der Waals surface area contributed by atoms with Gasteiger partial charge in [-0.3, -0.25) is 4.79 Å². The molecule has 4 rings (SSSR count). The molecule has 1 aliphatic rings. The first-order valence-electron chi connectivity index (χ1n) is 8.12. The van der Waals surface area contributed by atoms with E-state index in [1.165, 1.54) is 0 Å². The largest absolute Gasteiger partial charge is 0.368 e. The molecule has 2 heterocycles. The molecule has 5 nitrogen and oxygen atoms in total. The standard InChI is InChI=1S/C19H18N4O/c20-18(24)16-11-6-12-23(16)19-21-15-10-5-4-9-14(15)17(22-19)13-7-2-1-3-8-13/h1-5,7-10,16H,6,11-12H2,(H2,20,24)/t16-/m0/s1. The van der Waals surface area contributed by atoms with Crippen molar-refractivity contribution in [1.29, 1.82) is 0 Å². The number of fused-ring (bicyclic) bond motifs is 1. The third-order valence-electron chi connectivity index (χ3n) is 4.48. The van der Waals surface area contributed by atoms with E-state index in [1.807, 2.05) is 59.5 Å². The quantitative estimate of drug-likeness (QED) is 0.806. The Morgan fingerprint density at radius 2 is 1.79 bits per heavy atom. The van der Waals surface area contributed by atoms with Crippen molar-refractivity contribution in [1.82, 2.24) is 9.97 Å². The highest BCUT2D eigenvalue weighted by Gasteiger charge is 2.31. The zero-order valence-corrected chi connectivity index (χ0v) is 13.2. The van der Waals surface area contributed by atoms with Crippen molar-refractivity contribution in [2.24, 2.45) is 5.73 Å². The average molecular weight is 318 g/mol. The van der Waals surface area contributed by atoms with Crippen LogP contribution in [0.2, 0.25) is 0 Å². The predicted molar refractivity (Wildman–Crippen MR) is 94.5 cm³/mol. The van der Waals surface area contributed by atoms with Crippen LogP contribution >= 0.6 is 0 Å². The van der Waals surface area contributed by atoms with Gasteiger partial charge >= 0.3 is 0 Å². The van der Waals surface area contributed by atoms with Crippen LogP contribution in [-0.2, 0) is 4.79 Å². The fraction of sp³-hybridized carbons (Fsp3) is 0.211. The Hall–Kier alpha value is -2.95. The Morgan fingerprint density at radius 1 is 1.04 bits per heavy atom. The number of nitrogens with two attached hydrogens (primary N) is 1. The Bertz CT molecular complexity index is 894. The van der Waals surface area contributed by atoms with Gasteiger partial charge in [0.25, 0.3) is 0 Å². The van der Waals surface area contributed by atoms with Crippen LogP contribution < -0.4 is 10.6 Å². The lowest BCUT2D eigenvalue weighted by Crippen LogP contribution is -2.41. The number of nitrogens with zero attached hydrogens (tertiary/aromatic N) is 3. The topological polar surface area (TPSA) is 72.1 Å². The molecule has 0 bridgehead atoms. The van der Waals surface area contributed by atoms with E-state index in [-0.39, 0.29) is 11.9 Å². The Balaban J connectivity index is 1.90. The van der Waals surface area contributed by atoms with Crippen LogP contribution in [-0.4, -0.2) is 28.5 Å². The highest BCUT2D eigenvalue weighted by molar-refractivity contribution is 5.93. The summed E-state index contributed by atoms with van der Waals surface area (Å²) < 4.78 is 0. The molecule has 1 aromatic heterocycles. The van der Waals surface area contributed by atoms with Gasteiger partial charge in [-0.15, -0.1) is 0 Å². The van der Waals surface area contributed by atoms with E-state index >= 15 is 0 Å². The molecule has 0 spiro atoms. The first-order valence-corrected chi connectivity index (χ1v) is 8.12. The second kappa shape index (κ2) is 5.92. The fourth-order valence-electron chi connectivity index (χ4n) is 3.31. The molecule has 0 unspecified atom stereocenters. The number of carbonyl (C=O) groups is 1. The van der Waals surface area contributed by atoms with Gasteiger partial charge in [-0.25, -0.2) is 9.97 Å². The van der Waals surface area contributed by atoms with E-state index in [0.29, 0.717) is 5.95 Å². The second-order valence-electron chi connectivity index (χ2n) is 6.01. The van der Waals surface area contributed by atoms with Crippen LogP contribution in [0.15, 0.2) is 54.6 Å². The molecular formula is C19H18N4O. The number of anilines is 1. The summed E-state index contributed by atoms with van der Waals surface area (Å²) in [7, 11) is 0. The highest BCUT2D eigenvalue weighted by Crippen LogP contribution is 2.30. The van der Waals surface area contributed by atoms with Crippen molar-refractivity contribution in [3.05, 3.63) is 54.6 Å². The van der Waals surface area contributed by atoms with Gasteiger partial charge in [0, 0.05) is 17.5 Å². The minimum Gasteiger partial charge on any atom is -0.368 e. The summed E-state index contributed by atoms with van der Waals surface area (Å²) in [6.45, 7) is 0.750. The van der Waals surface area contributed by atoms with Crippen molar-refractivity contribution < 1.29 is 4.79 Å². The molecule has 24 heavy (non-hydrogen) atoms. The third-order valence-corrected chi connectivity index (χ3v) is 4.48. The highest BCUT2D eigenvalue weighted by atomic mass is 16.1. The van der Waals surface area contributed by atoms with Crippen LogP contribution in [0.4, 0.5) is 5.95 Å². The predicted octanol–water partition coefficient (Wildman–Crippen LogP) is 2.75. The van der Waals surface area contributed by atoms with Crippen molar-refractivity contribution >= 4 is 22.8 Å². The summed E-state index contributed by atoms with van der Waals surface area (Å²) in [6, 6.07) is 17.7. The summed E-state index contributed by atoms with van der Waals surface area (Å²) >= 11 is 0. The Labute approximate surface area is 140 Å². The van der Waals surface area contributed by atoms with Gasteiger partial charge in [0.05, 0.1) is 11.2 Å². The van der Waals surface area contributed by atoms with E-state index in [0.717, 1.165) is 41.5 Å². The summed E-state index contributed by atoms with van der Waals surface area (Å²) in [5.41, 5.74) is 8.34. The smallest absolute Gasteiger partial charge is 0.240 e. The first-order chi connectivity index (χ1) is 11.7. The minimum atomic E-state index is -0.324. The van der Waals surface area contributed by atoms with Crippen LogP contribution in [0.1, 0.15) is 12.8 Å². The normalized spacial score (nSPS) is 17.3. The van der Waals surface area contributed by atoms with Crippen molar-refractivity contribution in [3.8, 4) is 11.3 Å². The number of hydrogen-bond acceptors (Lipinski definition) is 4. The van der Waals surface area contributed by atoms with Crippen molar-refractivity contribution in [3.63, 3.8) is 0 Å². The summed E-state index contributed by atoms with van der Waals surface area (Å²) in [6.07, 6.45) is 1.68. The lowest BCUT2D eigenvalue weighted by atomic mass is 10.1. The second-order valence-corrected chi connectivity index (χ2v) is 6.01. The zero-order chi connectivity index (χ0) is 16.5. The lowest BCUT2D eigenvalue weighted by Gasteiger charge is -2.23. The number of amides is 1. The molecule has 120 valence electrons. The zero-order valence-electron chi connectivity index (χ0n) is 13.2. The molecule has 1 amide bonds. The van der Waals surface area contributed by atoms with Crippen molar-refractivity contribution in [2.75, 3.05) is 11.4 Å². The van der Waals surface area contributed by atoms with Gasteiger partial charge < -0.3 is 10.6 Å². The first kappa shape index (κ1) is 14.6. The molecular weight excluding hydrogens is 300 g/mol. The van der Waals surface area contributed by atoms with Gasteiger partial charge in [-0.05, 0) is 18.9 Å². The number of hydrogen-bond donors (Lipinski definition) is 1. The SMILES string of the molecule is NC(=O)[C@@H]1CCCN1c1nc(-c2ccccc2)c2ccccc2n1. The van der Waals surface area contributed by atoms with E-state index in [1.54, 1.807) is 0 Å². The fourth-order valence-corrected chi connectivity index (χ4v) is 3.31. The molecule has 2 N–H and O–H groups in total. The molecule has 3 aromatic rings. The number of rotatable bonds is 3. The molecule has 1 atom stereocenters. The van der Waals surface area contributed by atoms with Gasteiger partial charge in [0.1, 0.15) is 6.04 Å². The summed E-state index contributed by atoms with van der Waals surface area (Å²) in [4.78, 5) is 23.1. The van der Waals surface area contributed by atoms with E-state index < -0.39 is 0 Å². The van der Waals surface area contributed by atoms with Crippen LogP contribution in [0.3, 0.4) is 0 Å². The molecule has 1 saturated heterocycles. The molecule has 1 aliphatic heterocycles. The molecule has 5 heteroatoms. The van der Waals surface area contributed by atoms with E-state index in [2.05, 4.69) is 4.98 Å². The number of benzene rings is 2. The van der Waals surface area contributed by atoms with Gasteiger partial charge in [-0.1, -0.05) is 48.5 Å². The molecule has 0 aliphatic carbocycles. The van der Waals surface area contributed by atoms with Gasteiger partial charge in [0.2, 0.25) is 11.9 Å².